The highest BCUT2D eigenvalue weighted by Crippen LogP contribution is 2.52. The fraction of sp³-hybridized carbons (Fsp3) is 0.129. The first-order valence-corrected chi connectivity index (χ1v) is 11.9. The van der Waals surface area contributed by atoms with Crippen molar-refractivity contribution < 1.29 is 0 Å². The summed E-state index contributed by atoms with van der Waals surface area (Å²) in [6, 6.07) is 28.2. The van der Waals surface area contributed by atoms with E-state index in [1.165, 1.54) is 38.9 Å². The third-order valence-corrected chi connectivity index (χ3v) is 7.40. The summed E-state index contributed by atoms with van der Waals surface area (Å²) in [5.41, 5.74) is 9.74. The van der Waals surface area contributed by atoms with Gasteiger partial charge in [0, 0.05) is 33.2 Å². The Bertz CT molecular complexity index is 1590. The Balaban J connectivity index is 1.55. The van der Waals surface area contributed by atoms with Gasteiger partial charge in [-0.25, -0.2) is 4.99 Å². The van der Waals surface area contributed by atoms with Crippen LogP contribution in [0.2, 0.25) is 0 Å². The van der Waals surface area contributed by atoms with Crippen molar-refractivity contribution in [3.05, 3.63) is 126 Å². The second-order valence-corrected chi connectivity index (χ2v) is 9.72. The molecular formula is C31H25N3. The molecule has 3 aromatic carbocycles. The largest absolute Gasteiger partial charge is 0.345 e. The van der Waals surface area contributed by atoms with Crippen molar-refractivity contribution in [2.75, 3.05) is 0 Å². The number of allylic oxidation sites excluding steroid dienone is 2. The quantitative estimate of drug-likeness (QED) is 0.353. The van der Waals surface area contributed by atoms with Gasteiger partial charge in [-0.1, -0.05) is 111 Å². The molecule has 0 amide bonds. The smallest absolute Gasteiger partial charge is 0.209 e. The van der Waals surface area contributed by atoms with Crippen molar-refractivity contribution in [2.45, 2.75) is 25.3 Å². The minimum atomic E-state index is -0.144. The average Bonchev–Trinajstić information content (AvgIpc) is 3.35. The van der Waals surface area contributed by atoms with Gasteiger partial charge in [0.1, 0.15) is 0 Å². The van der Waals surface area contributed by atoms with Gasteiger partial charge in [0.25, 0.3) is 0 Å². The van der Waals surface area contributed by atoms with Crippen LogP contribution in [0.3, 0.4) is 0 Å². The highest BCUT2D eigenvalue weighted by Gasteiger charge is 2.42. The molecule has 7 rings (SSSR count). The van der Waals surface area contributed by atoms with Crippen molar-refractivity contribution >= 4 is 22.6 Å². The maximum Gasteiger partial charge on any atom is 0.209 e. The molecule has 34 heavy (non-hydrogen) atoms. The summed E-state index contributed by atoms with van der Waals surface area (Å²) >= 11 is 0. The fourth-order valence-electron chi connectivity index (χ4n) is 5.88. The molecule has 3 heteroatoms. The van der Waals surface area contributed by atoms with Gasteiger partial charge >= 0.3 is 0 Å². The lowest BCUT2D eigenvalue weighted by atomic mass is 9.85. The number of aliphatic imine (C=N–C) groups is 1. The molecule has 0 saturated heterocycles. The molecule has 1 atom stereocenters. The zero-order valence-corrected chi connectivity index (χ0v) is 19.3. The predicted molar refractivity (Wildman–Crippen MR) is 141 cm³/mol. The molecule has 0 fully saturated rings. The Morgan fingerprint density at radius 2 is 1.62 bits per heavy atom. The topological polar surface area (TPSA) is 29.3 Å². The second kappa shape index (κ2) is 6.94. The van der Waals surface area contributed by atoms with Gasteiger partial charge in [-0.3, -0.25) is 4.57 Å². The van der Waals surface area contributed by atoms with Crippen molar-refractivity contribution in [3.8, 4) is 11.1 Å². The first-order valence-electron chi connectivity index (χ1n) is 11.9. The zero-order valence-electron chi connectivity index (χ0n) is 19.3. The number of nitrogens with one attached hydrogen (secondary N) is 1. The standard InChI is InChI=1S/C31H25N3/c1-31(2)24-17-9-6-14-21(24)27-23-16-8-11-19-26(23)34(29(27)31)30-32-25-18-10-7-15-22(25)28(33-30)20-12-4-3-5-13-20/h3-19,25H,1-2H3,(H,32,33). The van der Waals surface area contributed by atoms with Crippen molar-refractivity contribution in [3.63, 3.8) is 0 Å². The Morgan fingerprint density at radius 1 is 0.853 bits per heavy atom. The van der Waals surface area contributed by atoms with E-state index in [0.29, 0.717) is 0 Å². The van der Waals surface area contributed by atoms with E-state index in [2.05, 4.69) is 127 Å². The molecule has 164 valence electrons. The van der Waals surface area contributed by atoms with Crippen LogP contribution in [0.15, 0.2) is 114 Å². The lowest BCUT2D eigenvalue weighted by Crippen LogP contribution is -2.43. The molecule has 0 radical (unpaired) electrons. The van der Waals surface area contributed by atoms with E-state index in [0.717, 1.165) is 17.2 Å². The fourth-order valence-corrected chi connectivity index (χ4v) is 5.88. The van der Waals surface area contributed by atoms with Crippen LogP contribution in [0.4, 0.5) is 0 Å². The number of hydrogen-bond acceptors (Lipinski definition) is 2. The summed E-state index contributed by atoms with van der Waals surface area (Å²) in [5, 5.41) is 5.03. The van der Waals surface area contributed by atoms with Crippen molar-refractivity contribution in [2.24, 2.45) is 4.99 Å². The molecule has 0 saturated carbocycles. The summed E-state index contributed by atoms with van der Waals surface area (Å²) in [4.78, 5) is 5.30. The average molecular weight is 440 g/mol. The molecular weight excluding hydrogens is 414 g/mol. The maximum absolute atomic E-state index is 5.30. The molecule has 3 aliphatic rings. The number of hydrogen-bond donors (Lipinski definition) is 1. The van der Waals surface area contributed by atoms with Gasteiger partial charge in [-0.2, -0.15) is 0 Å². The summed E-state index contributed by atoms with van der Waals surface area (Å²) in [7, 11) is 0. The van der Waals surface area contributed by atoms with E-state index in [1.807, 2.05) is 0 Å². The molecule has 4 aromatic rings. The van der Waals surface area contributed by atoms with Gasteiger partial charge in [0.15, 0.2) is 0 Å². The van der Waals surface area contributed by atoms with Gasteiger partial charge in [0.05, 0.1) is 17.3 Å². The summed E-state index contributed by atoms with van der Waals surface area (Å²) in [5.74, 6) is 0.880. The van der Waals surface area contributed by atoms with Crippen LogP contribution < -0.4 is 5.32 Å². The zero-order chi connectivity index (χ0) is 22.9. The number of nitrogens with zero attached hydrogens (tertiary/aromatic N) is 2. The third-order valence-electron chi connectivity index (χ3n) is 7.40. The number of fused-ring (bicyclic) bond motifs is 6. The van der Waals surface area contributed by atoms with Crippen molar-refractivity contribution in [1.82, 2.24) is 9.88 Å². The Hall–Kier alpha value is -4.11. The maximum atomic E-state index is 5.30. The van der Waals surface area contributed by atoms with Crippen LogP contribution in [0, 0.1) is 0 Å². The number of para-hydroxylation sites is 1. The minimum Gasteiger partial charge on any atom is -0.345 e. The van der Waals surface area contributed by atoms with E-state index in [-0.39, 0.29) is 11.5 Å². The van der Waals surface area contributed by atoms with E-state index >= 15 is 0 Å². The van der Waals surface area contributed by atoms with E-state index in [9.17, 15) is 0 Å². The van der Waals surface area contributed by atoms with E-state index in [4.69, 9.17) is 4.99 Å². The van der Waals surface area contributed by atoms with Crippen LogP contribution in [-0.4, -0.2) is 16.6 Å². The van der Waals surface area contributed by atoms with Crippen molar-refractivity contribution in [1.29, 1.82) is 0 Å². The molecule has 0 spiro atoms. The summed E-state index contributed by atoms with van der Waals surface area (Å²) in [6.07, 6.45) is 8.61. The SMILES string of the molecule is CC1(C)c2ccccc2-c2c1n(C1=NC(c3ccccc3)=C3C=CC=CC3N1)c1ccccc21. The lowest BCUT2D eigenvalue weighted by Gasteiger charge is -2.31. The molecule has 1 aliphatic heterocycles. The summed E-state index contributed by atoms with van der Waals surface area (Å²) in [6.45, 7) is 4.66. The number of rotatable bonds is 1. The molecule has 1 N–H and O–H groups in total. The van der Waals surface area contributed by atoms with Crippen LogP contribution in [0.1, 0.15) is 30.7 Å². The molecule has 0 bridgehead atoms. The Labute approximate surface area is 199 Å². The van der Waals surface area contributed by atoms with Gasteiger partial charge in [-0.05, 0) is 17.2 Å². The van der Waals surface area contributed by atoms with Crippen LogP contribution in [-0.2, 0) is 5.41 Å². The molecule has 1 aromatic heterocycles. The highest BCUT2D eigenvalue weighted by atomic mass is 15.3. The van der Waals surface area contributed by atoms with Crippen LogP contribution in [0.5, 0.6) is 0 Å². The normalized spacial score (nSPS) is 19.5. The first-order chi connectivity index (χ1) is 16.6. The molecule has 2 heterocycles. The summed E-state index contributed by atoms with van der Waals surface area (Å²) < 4.78 is 2.37. The Morgan fingerprint density at radius 3 is 2.50 bits per heavy atom. The number of benzene rings is 3. The minimum absolute atomic E-state index is 0.0800. The predicted octanol–water partition coefficient (Wildman–Crippen LogP) is 6.66. The third kappa shape index (κ3) is 2.55. The number of aromatic nitrogens is 1. The van der Waals surface area contributed by atoms with Crippen LogP contribution >= 0.6 is 0 Å². The second-order valence-electron chi connectivity index (χ2n) is 9.72. The first kappa shape index (κ1) is 19.4. The van der Waals surface area contributed by atoms with Gasteiger partial charge in [0.2, 0.25) is 5.96 Å². The van der Waals surface area contributed by atoms with E-state index in [1.54, 1.807) is 0 Å². The van der Waals surface area contributed by atoms with E-state index < -0.39 is 0 Å². The van der Waals surface area contributed by atoms with Gasteiger partial charge in [-0.15, -0.1) is 0 Å². The monoisotopic (exact) mass is 439 g/mol. The lowest BCUT2D eigenvalue weighted by molar-refractivity contribution is 0.623. The molecule has 3 nitrogen and oxygen atoms in total. The highest BCUT2D eigenvalue weighted by molar-refractivity contribution is 6.09. The Kier molecular flexibility index (Phi) is 3.96. The molecule has 1 unspecified atom stereocenters. The molecule has 2 aliphatic carbocycles. The van der Waals surface area contributed by atoms with Gasteiger partial charge < -0.3 is 5.32 Å². The van der Waals surface area contributed by atoms with Crippen LogP contribution in [0.25, 0.3) is 27.7 Å².